The molecule has 0 amide bonds. The van der Waals surface area contributed by atoms with Gasteiger partial charge < -0.3 is 10.2 Å². The minimum absolute atomic E-state index is 0.0232. The van der Waals surface area contributed by atoms with E-state index in [9.17, 15) is 9.90 Å². The molecule has 1 aromatic carbocycles. The molecule has 0 aliphatic carbocycles. The Labute approximate surface area is 76.0 Å². The van der Waals surface area contributed by atoms with Crippen molar-refractivity contribution in [2.75, 3.05) is 0 Å². The highest BCUT2D eigenvalue weighted by Crippen LogP contribution is 2.18. The molecule has 0 spiro atoms. The SMILES string of the molecule is C=CCc1cc(C(=O)O)c[c]c1O. The van der Waals surface area contributed by atoms with Gasteiger partial charge in [-0.05, 0) is 24.1 Å². The van der Waals surface area contributed by atoms with Crippen LogP contribution in [0, 0.1) is 6.07 Å². The van der Waals surface area contributed by atoms with Gasteiger partial charge in [-0.25, -0.2) is 4.79 Å². The number of rotatable bonds is 3. The van der Waals surface area contributed by atoms with Gasteiger partial charge in [0.25, 0.3) is 0 Å². The maximum Gasteiger partial charge on any atom is 0.335 e. The Bertz CT molecular complexity index is 342. The number of allylic oxidation sites excluding steroid dienone is 1. The highest BCUT2D eigenvalue weighted by atomic mass is 16.4. The third kappa shape index (κ3) is 2.08. The summed E-state index contributed by atoms with van der Waals surface area (Å²) in [5.74, 6) is -1.05. The molecule has 0 saturated carbocycles. The standard InChI is InChI=1S/C10H9O3/c1-2-3-7-6-8(10(12)13)4-5-9(7)11/h2,4,6,11H,1,3H2,(H,12,13). The number of carboxylic acid groups (broad SMARTS) is 1. The number of phenolic OH excluding ortho intramolecular Hbond substituents is 1. The lowest BCUT2D eigenvalue weighted by molar-refractivity contribution is 0.0696. The van der Waals surface area contributed by atoms with Gasteiger partial charge in [-0.15, -0.1) is 6.58 Å². The fourth-order valence-electron chi connectivity index (χ4n) is 0.971. The number of carbonyl (C=O) groups is 1. The lowest BCUT2D eigenvalue weighted by atomic mass is 10.1. The molecule has 0 aromatic heterocycles. The molecule has 0 bridgehead atoms. The van der Waals surface area contributed by atoms with Crippen LogP contribution in [-0.4, -0.2) is 16.2 Å². The second-order valence-corrected chi connectivity index (χ2v) is 2.56. The molecule has 2 N–H and O–H groups in total. The largest absolute Gasteiger partial charge is 0.507 e. The van der Waals surface area contributed by atoms with E-state index in [1.807, 2.05) is 0 Å². The number of aromatic carboxylic acids is 1. The highest BCUT2D eigenvalue weighted by molar-refractivity contribution is 5.88. The zero-order chi connectivity index (χ0) is 9.84. The summed E-state index contributed by atoms with van der Waals surface area (Å²) in [6.45, 7) is 3.50. The topological polar surface area (TPSA) is 57.5 Å². The van der Waals surface area contributed by atoms with E-state index in [1.165, 1.54) is 12.1 Å². The number of benzene rings is 1. The summed E-state index contributed by atoms with van der Waals surface area (Å²) in [4.78, 5) is 10.5. The first-order valence-electron chi connectivity index (χ1n) is 3.73. The molecule has 0 fully saturated rings. The predicted octanol–water partition coefficient (Wildman–Crippen LogP) is 1.62. The van der Waals surface area contributed by atoms with Crippen LogP contribution in [0.4, 0.5) is 0 Å². The Balaban J connectivity index is 3.10. The molecule has 1 rings (SSSR count). The zero-order valence-electron chi connectivity index (χ0n) is 6.95. The Kier molecular flexibility index (Phi) is 2.69. The fourth-order valence-corrected chi connectivity index (χ4v) is 0.971. The molecule has 0 atom stereocenters. The summed E-state index contributed by atoms with van der Waals surface area (Å²) in [6, 6.07) is 5.11. The van der Waals surface area contributed by atoms with E-state index in [-0.39, 0.29) is 11.3 Å². The van der Waals surface area contributed by atoms with Crippen LogP contribution < -0.4 is 0 Å². The quantitative estimate of drug-likeness (QED) is 0.690. The second-order valence-electron chi connectivity index (χ2n) is 2.56. The average Bonchev–Trinajstić information content (AvgIpc) is 2.08. The Morgan fingerprint density at radius 3 is 2.92 bits per heavy atom. The summed E-state index contributed by atoms with van der Waals surface area (Å²) in [5, 5.41) is 17.9. The molecule has 3 heteroatoms. The van der Waals surface area contributed by atoms with Crippen molar-refractivity contribution in [3.05, 3.63) is 42.0 Å². The molecule has 0 aliphatic heterocycles. The minimum atomic E-state index is -1.03. The van der Waals surface area contributed by atoms with Crippen molar-refractivity contribution in [2.45, 2.75) is 6.42 Å². The van der Waals surface area contributed by atoms with E-state index in [0.717, 1.165) is 0 Å². The molecule has 67 valence electrons. The van der Waals surface area contributed by atoms with E-state index >= 15 is 0 Å². The minimum Gasteiger partial charge on any atom is -0.507 e. The summed E-state index contributed by atoms with van der Waals surface area (Å²) >= 11 is 0. The first kappa shape index (κ1) is 9.32. The van der Waals surface area contributed by atoms with Gasteiger partial charge in [-0.1, -0.05) is 6.08 Å². The van der Waals surface area contributed by atoms with E-state index < -0.39 is 5.97 Å². The molecule has 0 saturated heterocycles. The summed E-state index contributed by atoms with van der Waals surface area (Å²) < 4.78 is 0. The summed E-state index contributed by atoms with van der Waals surface area (Å²) in [6.07, 6.45) is 2.03. The van der Waals surface area contributed by atoms with Gasteiger partial charge >= 0.3 is 5.97 Å². The van der Waals surface area contributed by atoms with Gasteiger partial charge in [0.2, 0.25) is 0 Å². The molecular formula is C10H9O3. The lowest BCUT2D eigenvalue weighted by Crippen LogP contribution is -1.97. The number of hydrogen-bond acceptors (Lipinski definition) is 2. The van der Waals surface area contributed by atoms with Crippen molar-refractivity contribution in [3.8, 4) is 5.75 Å². The molecule has 3 nitrogen and oxygen atoms in total. The number of hydrogen-bond donors (Lipinski definition) is 2. The normalized spacial score (nSPS) is 9.54. The maximum absolute atomic E-state index is 10.5. The van der Waals surface area contributed by atoms with Crippen molar-refractivity contribution in [2.24, 2.45) is 0 Å². The Hall–Kier alpha value is -1.77. The van der Waals surface area contributed by atoms with E-state index in [2.05, 4.69) is 12.6 Å². The monoisotopic (exact) mass is 177 g/mol. The average molecular weight is 177 g/mol. The van der Waals surface area contributed by atoms with Crippen LogP contribution in [0.25, 0.3) is 0 Å². The van der Waals surface area contributed by atoms with Crippen LogP contribution in [0.1, 0.15) is 15.9 Å². The van der Waals surface area contributed by atoms with Gasteiger partial charge in [0.1, 0.15) is 5.75 Å². The molecule has 0 unspecified atom stereocenters. The van der Waals surface area contributed by atoms with Gasteiger partial charge in [-0.2, -0.15) is 0 Å². The van der Waals surface area contributed by atoms with Crippen LogP contribution >= 0.6 is 0 Å². The molecule has 0 aliphatic rings. The van der Waals surface area contributed by atoms with Gasteiger partial charge in [-0.3, -0.25) is 0 Å². The smallest absolute Gasteiger partial charge is 0.335 e. The van der Waals surface area contributed by atoms with Crippen LogP contribution in [0.15, 0.2) is 24.8 Å². The van der Waals surface area contributed by atoms with Crippen molar-refractivity contribution in [1.82, 2.24) is 0 Å². The van der Waals surface area contributed by atoms with Crippen LogP contribution in [0.3, 0.4) is 0 Å². The highest BCUT2D eigenvalue weighted by Gasteiger charge is 2.06. The van der Waals surface area contributed by atoms with E-state index in [4.69, 9.17) is 5.11 Å². The first-order chi connectivity index (χ1) is 6.15. The van der Waals surface area contributed by atoms with E-state index in [0.29, 0.717) is 12.0 Å². The summed E-state index contributed by atoms with van der Waals surface area (Å²) in [5.41, 5.74) is 0.643. The van der Waals surface area contributed by atoms with E-state index in [1.54, 1.807) is 6.08 Å². The van der Waals surface area contributed by atoms with Gasteiger partial charge in [0.05, 0.1) is 5.56 Å². The third-order valence-corrected chi connectivity index (χ3v) is 1.61. The third-order valence-electron chi connectivity index (χ3n) is 1.61. The van der Waals surface area contributed by atoms with Gasteiger partial charge in [0, 0.05) is 6.07 Å². The van der Waals surface area contributed by atoms with Crippen molar-refractivity contribution in [3.63, 3.8) is 0 Å². The molecular weight excluding hydrogens is 168 g/mol. The molecule has 0 heterocycles. The van der Waals surface area contributed by atoms with Crippen LogP contribution in [-0.2, 0) is 6.42 Å². The Morgan fingerprint density at radius 2 is 2.38 bits per heavy atom. The number of aromatic hydroxyl groups is 1. The second kappa shape index (κ2) is 3.76. The van der Waals surface area contributed by atoms with Crippen LogP contribution in [0.5, 0.6) is 5.75 Å². The van der Waals surface area contributed by atoms with Crippen molar-refractivity contribution in [1.29, 1.82) is 0 Å². The number of carboxylic acids is 1. The zero-order valence-corrected chi connectivity index (χ0v) is 6.95. The number of phenols is 1. The summed E-state index contributed by atoms with van der Waals surface area (Å²) in [7, 11) is 0. The predicted molar refractivity (Wildman–Crippen MR) is 47.8 cm³/mol. The molecule has 13 heavy (non-hydrogen) atoms. The van der Waals surface area contributed by atoms with Crippen LogP contribution in [0.2, 0.25) is 0 Å². The Morgan fingerprint density at radius 1 is 1.69 bits per heavy atom. The first-order valence-corrected chi connectivity index (χ1v) is 3.73. The van der Waals surface area contributed by atoms with Crippen molar-refractivity contribution >= 4 is 5.97 Å². The lowest BCUT2D eigenvalue weighted by Gasteiger charge is -2.01. The van der Waals surface area contributed by atoms with Crippen molar-refractivity contribution < 1.29 is 15.0 Å². The molecule has 1 aromatic rings. The fraction of sp³-hybridized carbons (Fsp3) is 0.100. The molecule has 1 radical (unpaired) electrons. The van der Waals surface area contributed by atoms with Gasteiger partial charge in [0.15, 0.2) is 0 Å². The maximum atomic E-state index is 10.5.